The highest BCUT2D eigenvalue weighted by Gasteiger charge is 2.28. The normalized spacial score (nSPS) is 32.2. The summed E-state index contributed by atoms with van der Waals surface area (Å²) in [7, 11) is 0. The minimum Gasteiger partial charge on any atom is -0.383 e. The van der Waals surface area contributed by atoms with Crippen LogP contribution in [0.2, 0.25) is 0 Å². The maximum atomic E-state index is 5.84. The van der Waals surface area contributed by atoms with Gasteiger partial charge in [0.25, 0.3) is 0 Å². The Morgan fingerprint density at radius 3 is 2.68 bits per heavy atom. The summed E-state index contributed by atoms with van der Waals surface area (Å²) in [5.74, 6) is 0. The third kappa shape index (κ3) is 2.93. The summed E-state index contributed by atoms with van der Waals surface area (Å²) in [5, 5.41) is 3.62. The fourth-order valence-corrected chi connectivity index (χ4v) is 3.39. The molecule has 3 heteroatoms. The van der Waals surface area contributed by atoms with Crippen LogP contribution in [-0.4, -0.2) is 42.8 Å². The van der Waals surface area contributed by atoms with E-state index in [2.05, 4.69) is 48.3 Å². The van der Waals surface area contributed by atoms with Crippen LogP contribution >= 0.6 is 0 Å². The largest absolute Gasteiger partial charge is 0.383 e. The number of rotatable bonds is 1. The van der Waals surface area contributed by atoms with Gasteiger partial charge in [-0.2, -0.15) is 0 Å². The number of hydrogen-bond acceptors (Lipinski definition) is 3. The van der Waals surface area contributed by atoms with E-state index in [1.54, 1.807) is 0 Å². The molecule has 2 aliphatic rings. The van der Waals surface area contributed by atoms with E-state index in [4.69, 9.17) is 4.74 Å². The first-order valence-corrected chi connectivity index (χ1v) is 7.43. The molecule has 0 aromatic heterocycles. The highest BCUT2D eigenvalue weighted by atomic mass is 16.5. The Balaban J connectivity index is 1.68. The zero-order valence-electron chi connectivity index (χ0n) is 11.9. The molecule has 2 heterocycles. The van der Waals surface area contributed by atoms with E-state index in [0.717, 1.165) is 19.6 Å². The van der Waals surface area contributed by atoms with E-state index in [0.29, 0.717) is 18.2 Å². The van der Waals surface area contributed by atoms with Gasteiger partial charge in [0.2, 0.25) is 0 Å². The zero-order valence-corrected chi connectivity index (χ0v) is 11.9. The summed E-state index contributed by atoms with van der Waals surface area (Å²) in [6, 6.07) is 9.32. The van der Waals surface area contributed by atoms with Crippen molar-refractivity contribution >= 4 is 5.69 Å². The zero-order chi connectivity index (χ0) is 13.2. The molecule has 0 amide bonds. The first-order valence-electron chi connectivity index (χ1n) is 7.43. The minimum atomic E-state index is 0.356. The number of ether oxygens (including phenoxy) is 1. The van der Waals surface area contributed by atoms with Gasteiger partial charge in [0.15, 0.2) is 0 Å². The smallest absolute Gasteiger partial charge is 0.0678 e. The summed E-state index contributed by atoms with van der Waals surface area (Å²) in [4.78, 5) is 2.61. The fourth-order valence-electron chi connectivity index (χ4n) is 3.39. The number of aryl methyl sites for hydroxylation is 1. The van der Waals surface area contributed by atoms with Crippen LogP contribution in [0.4, 0.5) is 5.69 Å². The molecule has 2 aliphatic heterocycles. The summed E-state index contributed by atoms with van der Waals surface area (Å²) >= 11 is 0. The second-order valence-corrected chi connectivity index (χ2v) is 5.94. The third-order valence-electron chi connectivity index (χ3n) is 4.26. The lowest BCUT2D eigenvalue weighted by molar-refractivity contribution is -0.0795. The molecule has 0 saturated carbocycles. The maximum Gasteiger partial charge on any atom is 0.0678 e. The summed E-state index contributed by atoms with van der Waals surface area (Å²) in [6.45, 7) is 7.54. The molecule has 3 unspecified atom stereocenters. The lowest BCUT2D eigenvalue weighted by atomic mass is 10.0. The molecule has 0 bridgehead atoms. The number of nitrogens with zero attached hydrogens (tertiary/aromatic N) is 1. The molecule has 3 rings (SSSR count). The molecule has 104 valence electrons. The van der Waals surface area contributed by atoms with Crippen molar-refractivity contribution in [1.82, 2.24) is 4.90 Å². The van der Waals surface area contributed by atoms with Crippen molar-refractivity contribution < 1.29 is 4.74 Å². The van der Waals surface area contributed by atoms with E-state index in [9.17, 15) is 0 Å². The fraction of sp³-hybridized carbons (Fsp3) is 0.625. The average molecular weight is 260 g/mol. The molecular formula is C16H24N2O. The van der Waals surface area contributed by atoms with Crippen molar-refractivity contribution in [2.24, 2.45) is 0 Å². The number of anilines is 1. The molecule has 0 radical (unpaired) electrons. The monoisotopic (exact) mass is 260 g/mol. The van der Waals surface area contributed by atoms with Crippen molar-refractivity contribution in [3.05, 3.63) is 29.8 Å². The standard InChI is InChI=1S/C16H24N2O/c1-12-10-18(11-13(2)19-12)15-8-7-14-5-3-4-6-16(14)17-9-15/h3-6,12-13,15,17H,7-11H2,1-2H3. The Hall–Kier alpha value is -1.06. The van der Waals surface area contributed by atoms with Crippen molar-refractivity contribution in [2.45, 2.75) is 44.9 Å². The quantitative estimate of drug-likeness (QED) is 0.839. The van der Waals surface area contributed by atoms with Gasteiger partial charge in [0.1, 0.15) is 0 Å². The second kappa shape index (κ2) is 5.51. The van der Waals surface area contributed by atoms with Crippen LogP contribution in [0.5, 0.6) is 0 Å². The first kappa shape index (κ1) is 12.9. The molecule has 1 N–H and O–H groups in total. The Morgan fingerprint density at radius 1 is 1.16 bits per heavy atom. The molecule has 0 spiro atoms. The Bertz CT molecular complexity index is 398. The highest BCUT2D eigenvalue weighted by molar-refractivity contribution is 5.52. The van der Waals surface area contributed by atoms with Gasteiger partial charge in [-0.3, -0.25) is 4.90 Å². The number of morpholine rings is 1. The predicted octanol–water partition coefficient (Wildman–Crippen LogP) is 2.52. The van der Waals surface area contributed by atoms with Crippen LogP contribution in [-0.2, 0) is 11.2 Å². The van der Waals surface area contributed by atoms with E-state index in [-0.39, 0.29) is 0 Å². The van der Waals surface area contributed by atoms with Crippen LogP contribution in [0, 0.1) is 0 Å². The molecule has 1 fully saturated rings. The Morgan fingerprint density at radius 2 is 1.89 bits per heavy atom. The lowest BCUT2D eigenvalue weighted by Gasteiger charge is -2.40. The van der Waals surface area contributed by atoms with Crippen LogP contribution < -0.4 is 5.32 Å². The van der Waals surface area contributed by atoms with Gasteiger partial charge in [0, 0.05) is 31.4 Å². The summed E-state index contributed by atoms with van der Waals surface area (Å²) < 4.78 is 5.84. The van der Waals surface area contributed by atoms with Gasteiger partial charge in [-0.25, -0.2) is 0 Å². The van der Waals surface area contributed by atoms with Crippen LogP contribution in [0.3, 0.4) is 0 Å². The Labute approximate surface area is 115 Å². The first-order chi connectivity index (χ1) is 9.22. The molecule has 3 nitrogen and oxygen atoms in total. The number of hydrogen-bond donors (Lipinski definition) is 1. The van der Waals surface area contributed by atoms with Gasteiger partial charge in [-0.1, -0.05) is 18.2 Å². The molecule has 0 aliphatic carbocycles. The van der Waals surface area contributed by atoms with Gasteiger partial charge in [-0.15, -0.1) is 0 Å². The molecule has 3 atom stereocenters. The minimum absolute atomic E-state index is 0.356. The van der Waals surface area contributed by atoms with E-state index >= 15 is 0 Å². The molecular weight excluding hydrogens is 236 g/mol. The van der Waals surface area contributed by atoms with E-state index < -0.39 is 0 Å². The number of para-hydroxylation sites is 1. The van der Waals surface area contributed by atoms with Gasteiger partial charge >= 0.3 is 0 Å². The number of fused-ring (bicyclic) bond motifs is 1. The molecule has 1 saturated heterocycles. The van der Waals surface area contributed by atoms with Crippen LogP contribution in [0.15, 0.2) is 24.3 Å². The van der Waals surface area contributed by atoms with Crippen LogP contribution in [0.25, 0.3) is 0 Å². The maximum absolute atomic E-state index is 5.84. The number of nitrogens with one attached hydrogen (secondary N) is 1. The van der Waals surface area contributed by atoms with Crippen LogP contribution in [0.1, 0.15) is 25.8 Å². The van der Waals surface area contributed by atoms with Crippen molar-refractivity contribution in [3.8, 4) is 0 Å². The van der Waals surface area contributed by atoms with Crippen molar-refractivity contribution in [2.75, 3.05) is 25.0 Å². The van der Waals surface area contributed by atoms with E-state index in [1.807, 2.05) is 0 Å². The highest BCUT2D eigenvalue weighted by Crippen LogP contribution is 2.24. The third-order valence-corrected chi connectivity index (χ3v) is 4.26. The Kier molecular flexibility index (Phi) is 3.76. The van der Waals surface area contributed by atoms with Gasteiger partial charge in [-0.05, 0) is 38.3 Å². The van der Waals surface area contributed by atoms with E-state index in [1.165, 1.54) is 24.1 Å². The van der Waals surface area contributed by atoms with Crippen molar-refractivity contribution in [3.63, 3.8) is 0 Å². The SMILES string of the molecule is CC1CN(C2CCc3ccccc3NC2)CC(C)O1. The van der Waals surface area contributed by atoms with Gasteiger partial charge in [0.05, 0.1) is 12.2 Å². The average Bonchev–Trinajstić information content (AvgIpc) is 2.60. The lowest BCUT2D eigenvalue weighted by Crippen LogP contribution is -2.51. The summed E-state index contributed by atoms with van der Waals surface area (Å²) in [6.07, 6.45) is 3.13. The second-order valence-electron chi connectivity index (χ2n) is 5.94. The predicted molar refractivity (Wildman–Crippen MR) is 78.6 cm³/mol. The van der Waals surface area contributed by atoms with Crippen molar-refractivity contribution in [1.29, 1.82) is 0 Å². The molecule has 19 heavy (non-hydrogen) atoms. The molecule has 1 aromatic carbocycles. The van der Waals surface area contributed by atoms with Gasteiger partial charge < -0.3 is 10.1 Å². The molecule has 1 aromatic rings. The topological polar surface area (TPSA) is 24.5 Å². The summed E-state index contributed by atoms with van der Waals surface area (Å²) in [5.41, 5.74) is 2.78. The number of benzene rings is 1.